The number of halogens is 1. The number of anilines is 1. The van der Waals surface area contributed by atoms with Gasteiger partial charge in [-0.2, -0.15) is 0 Å². The molecule has 1 aromatic heterocycles. The van der Waals surface area contributed by atoms with Crippen molar-refractivity contribution in [2.45, 2.75) is 6.92 Å². The largest absolute Gasteiger partial charge is 0.475 e. The fourth-order valence-electron chi connectivity index (χ4n) is 1.54. The molecule has 1 heterocycles. The Hall–Kier alpha value is -2.27. The van der Waals surface area contributed by atoms with Crippen LogP contribution in [-0.4, -0.2) is 17.0 Å². The van der Waals surface area contributed by atoms with Crippen molar-refractivity contribution in [3.63, 3.8) is 0 Å². The van der Waals surface area contributed by atoms with Gasteiger partial charge in [0.1, 0.15) is 0 Å². The van der Waals surface area contributed by atoms with Crippen LogP contribution < -0.4 is 5.32 Å². The second-order valence-electron chi connectivity index (χ2n) is 3.85. The van der Waals surface area contributed by atoms with Gasteiger partial charge in [0.05, 0.1) is 10.7 Å². The molecule has 0 radical (unpaired) electrons. The zero-order valence-electron chi connectivity index (χ0n) is 9.94. The molecule has 2 aromatic rings. The minimum Gasteiger partial charge on any atom is -0.475 e. The number of aromatic carboxylic acids is 1. The summed E-state index contributed by atoms with van der Waals surface area (Å²) < 4.78 is 4.90. The first-order valence-corrected chi connectivity index (χ1v) is 5.76. The van der Waals surface area contributed by atoms with Crippen LogP contribution in [0.5, 0.6) is 0 Å². The van der Waals surface area contributed by atoms with Gasteiger partial charge in [0.25, 0.3) is 5.91 Å². The minimum atomic E-state index is -1.23. The van der Waals surface area contributed by atoms with Crippen molar-refractivity contribution in [3.8, 4) is 0 Å². The summed E-state index contributed by atoms with van der Waals surface area (Å²) in [6.07, 6.45) is 0. The number of benzene rings is 1. The smallest absolute Gasteiger partial charge is 0.371 e. The molecule has 1 amide bonds. The average Bonchev–Trinajstić information content (AvgIpc) is 2.83. The van der Waals surface area contributed by atoms with E-state index in [-0.39, 0.29) is 11.5 Å². The van der Waals surface area contributed by atoms with Crippen LogP contribution in [0.3, 0.4) is 0 Å². The highest BCUT2D eigenvalue weighted by Gasteiger charge is 2.16. The molecule has 0 saturated heterocycles. The van der Waals surface area contributed by atoms with Gasteiger partial charge in [-0.25, -0.2) is 4.79 Å². The van der Waals surface area contributed by atoms with E-state index in [1.165, 1.54) is 12.1 Å². The standard InChI is InChI=1S/C13H10ClNO4/c1-7-3-2-4-8(14)11(7)15-12(16)9-5-6-10(19-9)13(17)18/h2-6H,1H3,(H,15,16)(H,17,18). The van der Waals surface area contributed by atoms with E-state index < -0.39 is 11.9 Å². The molecular weight excluding hydrogens is 270 g/mol. The van der Waals surface area contributed by atoms with E-state index in [0.717, 1.165) is 5.56 Å². The van der Waals surface area contributed by atoms with Crippen molar-refractivity contribution in [3.05, 3.63) is 52.4 Å². The molecule has 0 saturated carbocycles. The van der Waals surface area contributed by atoms with Gasteiger partial charge >= 0.3 is 5.97 Å². The van der Waals surface area contributed by atoms with Gasteiger partial charge in [-0.05, 0) is 30.7 Å². The van der Waals surface area contributed by atoms with Crippen LogP contribution in [0.1, 0.15) is 26.7 Å². The van der Waals surface area contributed by atoms with Crippen molar-refractivity contribution in [2.24, 2.45) is 0 Å². The number of furan rings is 1. The first-order valence-electron chi connectivity index (χ1n) is 5.38. The summed E-state index contributed by atoms with van der Waals surface area (Å²) in [7, 11) is 0. The van der Waals surface area contributed by atoms with E-state index in [1.807, 2.05) is 0 Å². The van der Waals surface area contributed by atoms with Crippen molar-refractivity contribution in [1.29, 1.82) is 0 Å². The Balaban J connectivity index is 2.23. The summed E-state index contributed by atoms with van der Waals surface area (Å²) in [5.74, 6) is -2.16. The van der Waals surface area contributed by atoms with E-state index >= 15 is 0 Å². The Morgan fingerprint density at radius 1 is 1.21 bits per heavy atom. The third-order valence-corrected chi connectivity index (χ3v) is 2.82. The lowest BCUT2D eigenvalue weighted by Crippen LogP contribution is -2.12. The first-order chi connectivity index (χ1) is 8.99. The zero-order valence-corrected chi connectivity index (χ0v) is 10.7. The van der Waals surface area contributed by atoms with Gasteiger partial charge in [0.15, 0.2) is 5.76 Å². The second kappa shape index (κ2) is 5.16. The number of amides is 1. The molecule has 0 aliphatic rings. The molecule has 0 atom stereocenters. The molecule has 0 aliphatic carbocycles. The van der Waals surface area contributed by atoms with Crippen LogP contribution in [0, 0.1) is 6.92 Å². The average molecular weight is 280 g/mol. The number of hydrogen-bond donors (Lipinski definition) is 2. The Morgan fingerprint density at radius 3 is 2.47 bits per heavy atom. The SMILES string of the molecule is Cc1cccc(Cl)c1NC(=O)c1ccc(C(=O)O)o1. The normalized spacial score (nSPS) is 10.2. The number of para-hydroxylation sites is 1. The highest BCUT2D eigenvalue weighted by Crippen LogP contribution is 2.25. The fraction of sp³-hybridized carbons (Fsp3) is 0.0769. The number of hydrogen-bond acceptors (Lipinski definition) is 3. The van der Waals surface area contributed by atoms with Gasteiger partial charge in [-0.1, -0.05) is 23.7 Å². The topological polar surface area (TPSA) is 79.5 Å². The Kier molecular flexibility index (Phi) is 3.57. The van der Waals surface area contributed by atoms with Gasteiger partial charge in [0.2, 0.25) is 5.76 Å². The van der Waals surface area contributed by atoms with Crippen molar-refractivity contribution in [1.82, 2.24) is 0 Å². The van der Waals surface area contributed by atoms with Crippen LogP contribution >= 0.6 is 11.6 Å². The van der Waals surface area contributed by atoms with Gasteiger partial charge in [-0.15, -0.1) is 0 Å². The van der Waals surface area contributed by atoms with Crippen molar-refractivity contribution < 1.29 is 19.1 Å². The molecule has 0 unspecified atom stereocenters. The van der Waals surface area contributed by atoms with E-state index in [9.17, 15) is 9.59 Å². The molecule has 5 nitrogen and oxygen atoms in total. The molecule has 2 rings (SSSR count). The van der Waals surface area contributed by atoms with E-state index in [4.69, 9.17) is 21.1 Å². The monoisotopic (exact) mass is 279 g/mol. The third-order valence-electron chi connectivity index (χ3n) is 2.50. The number of carbonyl (C=O) groups is 2. The summed E-state index contributed by atoms with van der Waals surface area (Å²) in [5, 5.41) is 11.7. The van der Waals surface area contributed by atoms with E-state index in [1.54, 1.807) is 25.1 Å². The third kappa shape index (κ3) is 2.77. The molecule has 0 aliphatic heterocycles. The molecule has 6 heteroatoms. The van der Waals surface area contributed by atoms with Crippen LogP contribution in [0.4, 0.5) is 5.69 Å². The van der Waals surface area contributed by atoms with Crippen LogP contribution in [-0.2, 0) is 0 Å². The molecule has 0 bridgehead atoms. The van der Waals surface area contributed by atoms with Crippen LogP contribution in [0.2, 0.25) is 5.02 Å². The summed E-state index contributed by atoms with van der Waals surface area (Å²) in [6.45, 7) is 1.80. The Labute approximate surface area is 113 Å². The lowest BCUT2D eigenvalue weighted by atomic mass is 10.2. The van der Waals surface area contributed by atoms with Gasteiger partial charge < -0.3 is 14.8 Å². The highest BCUT2D eigenvalue weighted by molar-refractivity contribution is 6.34. The van der Waals surface area contributed by atoms with E-state index in [2.05, 4.69) is 5.32 Å². The lowest BCUT2D eigenvalue weighted by molar-refractivity contribution is 0.0660. The maximum absolute atomic E-state index is 11.9. The van der Waals surface area contributed by atoms with E-state index in [0.29, 0.717) is 10.7 Å². The predicted molar refractivity (Wildman–Crippen MR) is 69.8 cm³/mol. The lowest BCUT2D eigenvalue weighted by Gasteiger charge is -2.08. The maximum atomic E-state index is 11.9. The molecule has 1 aromatic carbocycles. The number of aryl methyl sites for hydroxylation is 1. The maximum Gasteiger partial charge on any atom is 0.371 e. The highest BCUT2D eigenvalue weighted by atomic mass is 35.5. The molecule has 0 spiro atoms. The minimum absolute atomic E-state index is 0.0864. The number of carbonyl (C=O) groups excluding carboxylic acids is 1. The summed E-state index contributed by atoms with van der Waals surface area (Å²) >= 11 is 5.98. The quantitative estimate of drug-likeness (QED) is 0.904. The van der Waals surface area contributed by atoms with Crippen LogP contribution in [0.25, 0.3) is 0 Å². The number of carboxylic acid groups (broad SMARTS) is 1. The molecule has 19 heavy (non-hydrogen) atoms. The van der Waals surface area contributed by atoms with Gasteiger partial charge in [0, 0.05) is 0 Å². The van der Waals surface area contributed by atoms with Crippen LogP contribution in [0.15, 0.2) is 34.7 Å². The predicted octanol–water partition coefficient (Wildman–Crippen LogP) is 3.19. The molecule has 2 N–H and O–H groups in total. The Morgan fingerprint density at radius 2 is 1.89 bits per heavy atom. The summed E-state index contributed by atoms with van der Waals surface area (Å²) in [5.41, 5.74) is 1.27. The molecular formula is C13H10ClNO4. The number of rotatable bonds is 3. The van der Waals surface area contributed by atoms with Gasteiger partial charge in [-0.3, -0.25) is 4.79 Å². The summed E-state index contributed by atoms with van der Waals surface area (Å²) in [4.78, 5) is 22.6. The Bertz CT molecular complexity index is 628. The fourth-order valence-corrected chi connectivity index (χ4v) is 1.81. The number of carboxylic acids is 1. The van der Waals surface area contributed by atoms with Crippen molar-refractivity contribution in [2.75, 3.05) is 5.32 Å². The molecule has 0 fully saturated rings. The second-order valence-corrected chi connectivity index (χ2v) is 4.26. The first kappa shape index (κ1) is 13.2. The van der Waals surface area contributed by atoms with Crippen molar-refractivity contribution >= 4 is 29.2 Å². The number of nitrogens with one attached hydrogen (secondary N) is 1. The zero-order chi connectivity index (χ0) is 14.0. The summed E-state index contributed by atoms with van der Waals surface area (Å²) in [6, 6.07) is 7.73. The molecule has 98 valence electrons.